The molecule has 1 rings (SSSR count). The molecule has 1 fully saturated rings. The van der Waals surface area contributed by atoms with Crippen LogP contribution in [0.1, 0.15) is 46.0 Å². The van der Waals surface area contributed by atoms with Gasteiger partial charge in [-0.1, -0.05) is 19.3 Å². The second-order valence-electron chi connectivity index (χ2n) is 4.77. The number of carbonyl (C=O) groups is 1. The minimum Gasteiger partial charge on any atom is -0.342 e. The fraction of sp³-hybridized carbons (Fsp3) is 0.923. The van der Waals surface area contributed by atoms with E-state index in [2.05, 4.69) is 11.9 Å². The molecule has 3 heteroatoms. The summed E-state index contributed by atoms with van der Waals surface area (Å²) in [7, 11) is 2.09. The Balaban J connectivity index is 2.36. The van der Waals surface area contributed by atoms with Crippen LogP contribution in [0.3, 0.4) is 0 Å². The van der Waals surface area contributed by atoms with Gasteiger partial charge in [0.2, 0.25) is 5.91 Å². The molecule has 0 spiro atoms. The van der Waals surface area contributed by atoms with Gasteiger partial charge in [0.1, 0.15) is 0 Å². The monoisotopic (exact) mass is 226 g/mol. The van der Waals surface area contributed by atoms with Crippen molar-refractivity contribution in [2.75, 3.05) is 26.7 Å². The van der Waals surface area contributed by atoms with Crippen molar-refractivity contribution < 1.29 is 4.79 Å². The van der Waals surface area contributed by atoms with E-state index in [1.54, 1.807) is 0 Å². The van der Waals surface area contributed by atoms with E-state index in [4.69, 9.17) is 0 Å². The lowest BCUT2D eigenvalue weighted by atomic mass is 9.94. The minimum atomic E-state index is 0.276. The van der Waals surface area contributed by atoms with Crippen LogP contribution in [-0.2, 0) is 4.79 Å². The van der Waals surface area contributed by atoms with Crippen molar-refractivity contribution in [3.05, 3.63) is 0 Å². The van der Waals surface area contributed by atoms with Crippen LogP contribution in [0, 0.1) is 0 Å². The smallest absolute Gasteiger partial charge is 0.236 e. The summed E-state index contributed by atoms with van der Waals surface area (Å²) in [5.41, 5.74) is 0. The zero-order chi connectivity index (χ0) is 12.0. The Bertz CT molecular complexity index is 208. The fourth-order valence-corrected chi connectivity index (χ4v) is 2.54. The van der Waals surface area contributed by atoms with E-state index in [0.717, 1.165) is 13.1 Å². The topological polar surface area (TPSA) is 23.6 Å². The van der Waals surface area contributed by atoms with Gasteiger partial charge in [0.25, 0.3) is 0 Å². The lowest BCUT2D eigenvalue weighted by Gasteiger charge is -2.32. The average Bonchev–Trinajstić information content (AvgIpc) is 2.31. The normalized spacial score (nSPS) is 17.8. The summed E-state index contributed by atoms with van der Waals surface area (Å²) >= 11 is 0. The summed E-state index contributed by atoms with van der Waals surface area (Å²) in [4.78, 5) is 16.1. The Labute approximate surface area is 99.8 Å². The number of likely N-dealkylation sites (N-methyl/N-ethyl adjacent to an activating group) is 2. The van der Waals surface area contributed by atoms with Crippen LogP contribution >= 0.6 is 0 Å². The number of amides is 1. The molecule has 0 N–H and O–H groups in total. The van der Waals surface area contributed by atoms with Crippen LogP contribution in [0.2, 0.25) is 0 Å². The molecule has 0 atom stereocenters. The lowest BCUT2D eigenvalue weighted by Crippen LogP contribution is -2.43. The van der Waals surface area contributed by atoms with Crippen molar-refractivity contribution in [1.29, 1.82) is 0 Å². The molecule has 0 heterocycles. The molecule has 16 heavy (non-hydrogen) atoms. The summed E-state index contributed by atoms with van der Waals surface area (Å²) in [6.45, 7) is 6.33. The molecule has 0 unspecified atom stereocenters. The molecule has 3 nitrogen and oxygen atoms in total. The minimum absolute atomic E-state index is 0.276. The quantitative estimate of drug-likeness (QED) is 0.717. The van der Waals surface area contributed by atoms with Crippen LogP contribution in [0.25, 0.3) is 0 Å². The first kappa shape index (κ1) is 13.5. The highest BCUT2D eigenvalue weighted by molar-refractivity contribution is 5.78. The maximum atomic E-state index is 11.9. The van der Waals surface area contributed by atoms with Crippen molar-refractivity contribution >= 4 is 5.91 Å². The molecule has 0 aromatic carbocycles. The van der Waals surface area contributed by atoms with Crippen LogP contribution in [0.4, 0.5) is 0 Å². The van der Waals surface area contributed by atoms with Gasteiger partial charge in [0.05, 0.1) is 6.54 Å². The fourth-order valence-electron chi connectivity index (χ4n) is 2.54. The summed E-state index contributed by atoms with van der Waals surface area (Å²) < 4.78 is 0. The van der Waals surface area contributed by atoms with Gasteiger partial charge in [-0.05, 0) is 33.7 Å². The second kappa shape index (κ2) is 6.89. The molecule has 0 radical (unpaired) electrons. The molecule has 94 valence electrons. The van der Waals surface area contributed by atoms with Gasteiger partial charge >= 0.3 is 0 Å². The molecular formula is C13H26N2O. The van der Waals surface area contributed by atoms with Crippen molar-refractivity contribution in [2.45, 2.75) is 52.0 Å². The van der Waals surface area contributed by atoms with Gasteiger partial charge < -0.3 is 4.90 Å². The zero-order valence-corrected chi connectivity index (χ0v) is 11.0. The summed E-state index contributed by atoms with van der Waals surface area (Å²) in [5, 5.41) is 0. The first-order valence-corrected chi connectivity index (χ1v) is 6.67. The maximum absolute atomic E-state index is 11.9. The van der Waals surface area contributed by atoms with Crippen molar-refractivity contribution in [2.24, 2.45) is 0 Å². The SMILES string of the molecule is CCN(CC)C(=O)CN(C)C1CCCCC1. The van der Waals surface area contributed by atoms with Gasteiger partial charge in [-0.15, -0.1) is 0 Å². The van der Waals surface area contributed by atoms with E-state index in [1.165, 1.54) is 32.1 Å². The molecule has 1 aliphatic rings. The molecule has 0 aromatic rings. The van der Waals surface area contributed by atoms with Crippen LogP contribution < -0.4 is 0 Å². The summed E-state index contributed by atoms with van der Waals surface area (Å²) in [6.07, 6.45) is 6.56. The standard InChI is InChI=1S/C13H26N2O/c1-4-15(5-2)13(16)11-14(3)12-9-7-6-8-10-12/h12H,4-11H2,1-3H3. The average molecular weight is 226 g/mol. The molecule has 1 amide bonds. The van der Waals surface area contributed by atoms with Crippen molar-refractivity contribution in [1.82, 2.24) is 9.80 Å². The highest BCUT2D eigenvalue weighted by Gasteiger charge is 2.21. The van der Waals surface area contributed by atoms with E-state index in [-0.39, 0.29) is 5.91 Å². The third-order valence-electron chi connectivity index (χ3n) is 3.70. The molecule has 0 aliphatic heterocycles. The largest absolute Gasteiger partial charge is 0.342 e. The second-order valence-corrected chi connectivity index (χ2v) is 4.77. The number of hydrogen-bond acceptors (Lipinski definition) is 2. The summed E-state index contributed by atoms with van der Waals surface area (Å²) in [5.74, 6) is 0.276. The van der Waals surface area contributed by atoms with Gasteiger partial charge in [-0.3, -0.25) is 9.69 Å². The summed E-state index contributed by atoms with van der Waals surface area (Å²) in [6, 6.07) is 0.633. The van der Waals surface area contributed by atoms with E-state index in [0.29, 0.717) is 12.6 Å². The molecular weight excluding hydrogens is 200 g/mol. The van der Waals surface area contributed by atoms with Gasteiger partial charge in [0, 0.05) is 19.1 Å². The zero-order valence-electron chi connectivity index (χ0n) is 11.0. The number of hydrogen-bond donors (Lipinski definition) is 0. The van der Waals surface area contributed by atoms with Gasteiger partial charge in [0.15, 0.2) is 0 Å². The number of rotatable bonds is 5. The maximum Gasteiger partial charge on any atom is 0.236 e. The van der Waals surface area contributed by atoms with E-state index >= 15 is 0 Å². The molecule has 0 saturated heterocycles. The van der Waals surface area contributed by atoms with Crippen LogP contribution in [0.15, 0.2) is 0 Å². The first-order chi connectivity index (χ1) is 7.69. The van der Waals surface area contributed by atoms with Gasteiger partial charge in [-0.2, -0.15) is 0 Å². The highest BCUT2D eigenvalue weighted by atomic mass is 16.2. The molecule has 1 aliphatic carbocycles. The Morgan fingerprint density at radius 2 is 1.69 bits per heavy atom. The predicted octanol–water partition coefficient (Wildman–Crippen LogP) is 2.12. The molecule has 0 bridgehead atoms. The molecule has 1 saturated carbocycles. The Hall–Kier alpha value is -0.570. The third-order valence-corrected chi connectivity index (χ3v) is 3.70. The van der Waals surface area contributed by atoms with E-state index < -0.39 is 0 Å². The van der Waals surface area contributed by atoms with Gasteiger partial charge in [-0.25, -0.2) is 0 Å². The lowest BCUT2D eigenvalue weighted by molar-refractivity contribution is -0.132. The molecule has 0 aromatic heterocycles. The van der Waals surface area contributed by atoms with E-state index in [9.17, 15) is 4.79 Å². The first-order valence-electron chi connectivity index (χ1n) is 6.67. The predicted molar refractivity (Wildman–Crippen MR) is 67.4 cm³/mol. The van der Waals surface area contributed by atoms with E-state index in [1.807, 2.05) is 18.7 Å². The third kappa shape index (κ3) is 3.78. The number of carbonyl (C=O) groups excluding carboxylic acids is 1. The highest BCUT2D eigenvalue weighted by Crippen LogP contribution is 2.21. The van der Waals surface area contributed by atoms with Crippen LogP contribution in [0.5, 0.6) is 0 Å². The Morgan fingerprint density at radius 3 is 2.19 bits per heavy atom. The van der Waals surface area contributed by atoms with Crippen LogP contribution in [-0.4, -0.2) is 48.4 Å². The number of nitrogens with zero attached hydrogens (tertiary/aromatic N) is 2. The Morgan fingerprint density at radius 1 is 1.12 bits per heavy atom. The Kier molecular flexibility index (Phi) is 5.81. The van der Waals surface area contributed by atoms with Crippen molar-refractivity contribution in [3.8, 4) is 0 Å². The van der Waals surface area contributed by atoms with Crippen molar-refractivity contribution in [3.63, 3.8) is 0 Å².